The topological polar surface area (TPSA) is 21.3 Å². The second-order valence-electron chi connectivity index (χ2n) is 30.4. The number of para-hydroxylation sites is 6. The molecular weight excluding hydrogens is 1260 g/mol. The molecule has 0 unspecified atom stereocenters. The number of rotatable bonds is 9. The predicted octanol–water partition coefficient (Wildman–Crippen LogP) is 24.3. The molecule has 0 spiro atoms. The van der Waals surface area contributed by atoms with Crippen LogP contribution < -0.4 is 26.2 Å². The Bertz CT molecular complexity index is 5970. The van der Waals surface area contributed by atoms with E-state index in [0.29, 0.717) is 0 Å². The van der Waals surface area contributed by atoms with Gasteiger partial charge in [0.25, 0.3) is 6.71 Å². The SMILES string of the molecule is CC(C)(C)c1ccc2c3ccc(C(C)(C)C)cc3n(-c3cc4c5c(c3)N(c3c(-c6ccccc6)cccc3-c3ccccc3)c3cc6c(cc3B5c3cc5c7ccccc7n(-c7ccccc7)c5cc3N4c3c(-c4ccccc4)cccc3-c3ccccc3)c3ccccc3n6-c3ccccc3)c2c1. The lowest BCUT2D eigenvalue weighted by Gasteiger charge is -2.46. The average molecular weight is 1330 g/mol. The zero-order valence-corrected chi connectivity index (χ0v) is 59.1. The highest BCUT2D eigenvalue weighted by atomic mass is 15.2. The van der Waals surface area contributed by atoms with Crippen LogP contribution >= 0.6 is 0 Å². The highest BCUT2D eigenvalue weighted by molar-refractivity contribution is 7.00. The summed E-state index contributed by atoms with van der Waals surface area (Å²) in [6, 6.07) is 129. The number of hydrogen-bond acceptors (Lipinski definition) is 2. The smallest absolute Gasteiger partial charge is 0.252 e. The van der Waals surface area contributed by atoms with Gasteiger partial charge in [0.2, 0.25) is 0 Å². The molecule has 3 aromatic heterocycles. The maximum absolute atomic E-state index is 2.73. The van der Waals surface area contributed by atoms with Gasteiger partial charge < -0.3 is 23.5 Å². The Balaban J connectivity index is 1.04. The molecule has 0 saturated heterocycles. The first kappa shape index (κ1) is 61.3. The first-order valence-corrected chi connectivity index (χ1v) is 36.5. The van der Waals surface area contributed by atoms with E-state index < -0.39 is 0 Å². The molecule has 6 heteroatoms. The summed E-state index contributed by atoms with van der Waals surface area (Å²) in [5, 5.41) is 7.24. The number of hydrogen-bond donors (Lipinski definition) is 0. The maximum atomic E-state index is 2.73. The van der Waals surface area contributed by atoms with E-state index in [1.165, 1.54) is 70.9 Å². The normalized spacial score (nSPS) is 12.8. The Morgan fingerprint density at radius 3 is 0.894 bits per heavy atom. The molecule has 0 aliphatic carbocycles. The van der Waals surface area contributed by atoms with Crippen LogP contribution in [0.1, 0.15) is 52.7 Å². The van der Waals surface area contributed by atoms with Crippen LogP contribution in [-0.4, -0.2) is 20.4 Å². The summed E-state index contributed by atoms with van der Waals surface area (Å²) in [4.78, 5) is 5.45. The Morgan fingerprint density at radius 1 is 0.231 bits per heavy atom. The summed E-state index contributed by atoms with van der Waals surface area (Å²) < 4.78 is 7.64. The Morgan fingerprint density at radius 2 is 0.538 bits per heavy atom. The van der Waals surface area contributed by atoms with Gasteiger partial charge in [-0.1, -0.05) is 308 Å². The van der Waals surface area contributed by atoms with Crippen molar-refractivity contribution in [1.29, 1.82) is 0 Å². The van der Waals surface area contributed by atoms with Crippen molar-refractivity contribution in [2.24, 2.45) is 0 Å². The number of benzene rings is 15. The summed E-state index contributed by atoms with van der Waals surface area (Å²) in [5.41, 5.74) is 31.8. The minimum absolute atomic E-state index is 0.146. The van der Waals surface area contributed by atoms with Gasteiger partial charge in [-0.3, -0.25) is 0 Å². The first-order valence-electron chi connectivity index (χ1n) is 36.5. The molecule has 0 radical (unpaired) electrons. The second-order valence-corrected chi connectivity index (χ2v) is 30.4. The van der Waals surface area contributed by atoms with Crippen LogP contribution in [0.5, 0.6) is 0 Å². The molecule has 18 aromatic rings. The first-order chi connectivity index (χ1) is 50.9. The van der Waals surface area contributed by atoms with Gasteiger partial charge in [-0.25, -0.2) is 0 Å². The molecule has 104 heavy (non-hydrogen) atoms. The largest absolute Gasteiger partial charge is 0.310 e. The van der Waals surface area contributed by atoms with Crippen molar-refractivity contribution in [2.75, 3.05) is 9.80 Å². The van der Waals surface area contributed by atoms with Crippen molar-refractivity contribution in [1.82, 2.24) is 13.7 Å². The Labute approximate surface area is 607 Å². The van der Waals surface area contributed by atoms with Gasteiger partial charge in [0.15, 0.2) is 0 Å². The molecule has 20 rings (SSSR count). The van der Waals surface area contributed by atoms with Crippen LogP contribution in [0.15, 0.2) is 340 Å². The third kappa shape index (κ3) is 9.48. The van der Waals surface area contributed by atoms with Gasteiger partial charge in [0, 0.05) is 88.7 Å². The van der Waals surface area contributed by atoms with E-state index in [1.54, 1.807) is 0 Å². The van der Waals surface area contributed by atoms with Crippen molar-refractivity contribution in [2.45, 2.75) is 52.4 Å². The Hall–Kier alpha value is -12.6. The van der Waals surface area contributed by atoms with Gasteiger partial charge in [-0.05, 0) is 133 Å². The molecule has 5 heterocycles. The zero-order valence-electron chi connectivity index (χ0n) is 59.1. The van der Waals surface area contributed by atoms with Gasteiger partial charge in [-0.15, -0.1) is 0 Å². The van der Waals surface area contributed by atoms with Crippen LogP contribution in [-0.2, 0) is 10.8 Å². The molecule has 2 aliphatic heterocycles. The second kappa shape index (κ2) is 23.5. The molecule has 0 saturated carbocycles. The summed E-state index contributed by atoms with van der Waals surface area (Å²) >= 11 is 0. The van der Waals surface area contributed by atoms with Crippen molar-refractivity contribution in [3.8, 4) is 61.6 Å². The standard InChI is InChI=1S/C98H74BN5/c1-97(2,3)67-51-53-78-79-54-52-68(98(4,5)6)56-87(79)102(86(78)55-67)71-57-92-94-93(58-71)104(96-74(65-35-17-9-18-36-65)47-30-48-75(96)66-37-19-10-20-38-66)91-62-89-81(77-44-26-28-50-85(77)101(89)70-41-23-12-24-42-70)60-83(91)99(94)82-59-80-76-43-25-27-49-84(76)100(69-39-21-11-22-40-69)88(80)61-90(82)103(92)95-72(63-31-13-7-14-32-63)45-29-46-73(95)64-33-15-8-16-34-64/h7-62H,1-6H3. The highest BCUT2D eigenvalue weighted by Crippen LogP contribution is 2.55. The fraction of sp³-hybridized carbons (Fsp3) is 0.0816. The van der Waals surface area contributed by atoms with Crippen molar-refractivity contribution in [3.63, 3.8) is 0 Å². The van der Waals surface area contributed by atoms with Crippen molar-refractivity contribution in [3.05, 3.63) is 351 Å². The minimum Gasteiger partial charge on any atom is -0.310 e. The van der Waals surface area contributed by atoms with E-state index in [2.05, 4.69) is 405 Å². The molecule has 0 atom stereocenters. The number of nitrogens with zero attached hydrogens (tertiary/aromatic N) is 5. The molecule has 0 N–H and O–H groups in total. The summed E-state index contributed by atoms with van der Waals surface area (Å²) in [7, 11) is 0. The molecule has 494 valence electrons. The lowest BCUT2D eigenvalue weighted by atomic mass is 9.33. The molecule has 2 aliphatic rings. The summed E-state index contributed by atoms with van der Waals surface area (Å²) in [5.74, 6) is 0. The summed E-state index contributed by atoms with van der Waals surface area (Å²) in [6.07, 6.45) is 0. The van der Waals surface area contributed by atoms with E-state index in [1.807, 2.05) is 0 Å². The number of aromatic nitrogens is 3. The zero-order chi connectivity index (χ0) is 69.7. The van der Waals surface area contributed by atoms with E-state index in [-0.39, 0.29) is 17.5 Å². The predicted molar refractivity (Wildman–Crippen MR) is 443 cm³/mol. The van der Waals surface area contributed by atoms with Crippen LogP contribution in [0, 0.1) is 0 Å². The quantitative estimate of drug-likeness (QED) is 0.134. The summed E-state index contributed by atoms with van der Waals surface area (Å²) in [6.45, 7) is 13.8. The Kier molecular flexibility index (Phi) is 13.8. The molecule has 0 fully saturated rings. The van der Waals surface area contributed by atoms with E-state index in [9.17, 15) is 0 Å². The third-order valence-electron chi connectivity index (χ3n) is 22.3. The van der Waals surface area contributed by atoms with Gasteiger partial charge in [0.05, 0.1) is 50.2 Å². The number of fused-ring (bicyclic) bond motifs is 13. The van der Waals surface area contributed by atoms with Crippen LogP contribution in [0.25, 0.3) is 127 Å². The molecule has 5 nitrogen and oxygen atoms in total. The van der Waals surface area contributed by atoms with Crippen LogP contribution in [0.2, 0.25) is 0 Å². The molecule has 15 aromatic carbocycles. The van der Waals surface area contributed by atoms with Crippen molar-refractivity contribution < 1.29 is 0 Å². The fourth-order valence-electron chi connectivity index (χ4n) is 17.4. The fourth-order valence-corrected chi connectivity index (χ4v) is 17.4. The highest BCUT2D eigenvalue weighted by Gasteiger charge is 2.47. The van der Waals surface area contributed by atoms with Gasteiger partial charge >= 0.3 is 0 Å². The van der Waals surface area contributed by atoms with Gasteiger partial charge in [0.1, 0.15) is 0 Å². The van der Waals surface area contributed by atoms with E-state index in [4.69, 9.17) is 0 Å². The maximum Gasteiger partial charge on any atom is 0.252 e. The van der Waals surface area contributed by atoms with Crippen LogP contribution in [0.3, 0.4) is 0 Å². The average Bonchev–Trinajstić information content (AvgIpc) is 1.06. The van der Waals surface area contributed by atoms with Crippen molar-refractivity contribution >= 4 is 123 Å². The molecular formula is C98H74BN5. The van der Waals surface area contributed by atoms with Gasteiger partial charge in [-0.2, -0.15) is 0 Å². The minimum atomic E-state index is -0.315. The lowest BCUT2D eigenvalue weighted by molar-refractivity contribution is 0.591. The number of anilines is 6. The lowest BCUT2D eigenvalue weighted by Crippen LogP contribution is -2.61. The third-order valence-corrected chi connectivity index (χ3v) is 22.3. The monoisotopic (exact) mass is 1330 g/mol. The van der Waals surface area contributed by atoms with Crippen LogP contribution in [0.4, 0.5) is 34.1 Å². The van der Waals surface area contributed by atoms with E-state index >= 15 is 0 Å². The molecule has 0 amide bonds. The van der Waals surface area contributed by atoms with E-state index in [0.717, 1.165) is 118 Å². The molecule has 0 bridgehead atoms.